The van der Waals surface area contributed by atoms with Crippen molar-refractivity contribution in [2.75, 3.05) is 19.7 Å². The maximum Gasteiger partial charge on any atom is 0.0659 e. The van der Waals surface area contributed by atoms with Gasteiger partial charge >= 0.3 is 0 Å². The predicted octanol–water partition coefficient (Wildman–Crippen LogP) is 4.86. The molecule has 0 spiro atoms. The molecule has 3 aliphatic heterocycles. The smallest absolute Gasteiger partial charge is 0.0659 e. The van der Waals surface area contributed by atoms with Crippen LogP contribution in [0.15, 0.2) is 60.8 Å². The summed E-state index contributed by atoms with van der Waals surface area (Å²) in [6.07, 6.45) is 14.4. The lowest BCUT2D eigenvalue weighted by Crippen LogP contribution is -2.23. The Morgan fingerprint density at radius 1 is 0.758 bits per heavy atom. The molecule has 0 saturated carbocycles. The highest BCUT2D eigenvalue weighted by atomic mass is 16.3. The second-order valence-corrected chi connectivity index (χ2v) is 8.28. The van der Waals surface area contributed by atoms with Crippen LogP contribution >= 0.6 is 0 Å². The van der Waals surface area contributed by atoms with Crippen LogP contribution in [-0.2, 0) is 0 Å². The maximum absolute atomic E-state index is 9.21. The van der Waals surface area contributed by atoms with Gasteiger partial charge in [-0.3, -0.25) is 0 Å². The molecule has 3 aliphatic rings. The third-order valence-corrected chi connectivity index (χ3v) is 5.88. The SMILES string of the molecule is OCCN1C=CC(c2cc3cc4ccc(cc5nc(cc6nc(cc2[nH]3)C=C6)C=C5)[nH]4)=CC1. The van der Waals surface area contributed by atoms with Gasteiger partial charge in [0.1, 0.15) is 0 Å². The van der Waals surface area contributed by atoms with Gasteiger partial charge in [0.15, 0.2) is 0 Å². The average Bonchev–Trinajstić information content (AvgIpc) is 3.60. The van der Waals surface area contributed by atoms with Crippen LogP contribution in [0.4, 0.5) is 0 Å². The largest absolute Gasteiger partial charge is 0.395 e. The first kappa shape index (κ1) is 19.5. The topological polar surface area (TPSA) is 80.8 Å². The number of hydrogen-bond acceptors (Lipinski definition) is 4. The number of aliphatic hydroxyl groups excluding tert-OH is 1. The summed E-state index contributed by atoms with van der Waals surface area (Å²) in [6, 6.07) is 14.5. The van der Waals surface area contributed by atoms with E-state index in [9.17, 15) is 5.11 Å². The Morgan fingerprint density at radius 2 is 1.45 bits per heavy atom. The van der Waals surface area contributed by atoms with Gasteiger partial charge in [0.2, 0.25) is 0 Å². The lowest BCUT2D eigenvalue weighted by Gasteiger charge is -2.21. The molecule has 0 aliphatic carbocycles. The third-order valence-electron chi connectivity index (χ3n) is 5.88. The fraction of sp³-hybridized carbons (Fsp3) is 0.111. The Balaban J connectivity index is 1.56. The standard InChI is InChI=1S/C27H23N5O/c33-12-11-32-9-7-18(8-10-32)26-16-25-15-23-4-3-21(29-23)13-19-1-2-20(28-19)14-22-5-6-24(30-22)17-27(26)31-25/h1-9,13-17,29,31,33H,10-12H2. The number of allylic oxidation sites excluding steroid dienone is 2. The minimum Gasteiger partial charge on any atom is -0.395 e. The van der Waals surface area contributed by atoms with Gasteiger partial charge in [-0.1, -0.05) is 6.08 Å². The summed E-state index contributed by atoms with van der Waals surface area (Å²) >= 11 is 0. The number of aromatic nitrogens is 4. The van der Waals surface area contributed by atoms with E-state index in [2.05, 4.69) is 62.3 Å². The van der Waals surface area contributed by atoms with E-state index >= 15 is 0 Å². The Hall–Kier alpha value is -4.16. The number of H-pyrrole nitrogens is 2. The molecule has 0 fully saturated rings. The first-order chi connectivity index (χ1) is 16.2. The van der Waals surface area contributed by atoms with Crippen molar-refractivity contribution in [3.8, 4) is 0 Å². The summed E-state index contributed by atoms with van der Waals surface area (Å²) in [5.74, 6) is 0. The fourth-order valence-electron chi connectivity index (χ4n) is 4.28. The number of nitrogens with one attached hydrogen (secondary N) is 2. The van der Waals surface area contributed by atoms with Crippen molar-refractivity contribution in [3.05, 3.63) is 89.2 Å². The molecule has 3 aromatic heterocycles. The van der Waals surface area contributed by atoms with Gasteiger partial charge in [-0.2, -0.15) is 0 Å². The number of aliphatic hydroxyl groups is 1. The molecular formula is C27H23N5O. The minimum atomic E-state index is 0.148. The zero-order chi connectivity index (χ0) is 22.2. The van der Waals surface area contributed by atoms with Crippen LogP contribution in [0.2, 0.25) is 0 Å². The first-order valence-electron chi connectivity index (χ1n) is 11.0. The minimum absolute atomic E-state index is 0.148. The number of fused-ring (bicyclic) bond motifs is 8. The van der Waals surface area contributed by atoms with Gasteiger partial charge in [0.05, 0.1) is 29.4 Å². The molecule has 0 aromatic carbocycles. The van der Waals surface area contributed by atoms with Crippen molar-refractivity contribution in [3.63, 3.8) is 0 Å². The van der Waals surface area contributed by atoms with Gasteiger partial charge in [-0.05, 0) is 78.4 Å². The molecule has 8 bridgehead atoms. The second kappa shape index (κ2) is 8.07. The van der Waals surface area contributed by atoms with E-state index in [-0.39, 0.29) is 6.61 Å². The maximum atomic E-state index is 9.21. The summed E-state index contributed by atoms with van der Waals surface area (Å²) in [5, 5.41) is 9.21. The van der Waals surface area contributed by atoms with Crippen molar-refractivity contribution in [1.82, 2.24) is 24.8 Å². The molecule has 3 N–H and O–H groups in total. The number of aromatic amines is 2. The molecule has 0 unspecified atom stereocenters. The van der Waals surface area contributed by atoms with Crippen LogP contribution in [0.1, 0.15) is 28.3 Å². The zero-order valence-electron chi connectivity index (χ0n) is 18.0. The Morgan fingerprint density at radius 3 is 2.15 bits per heavy atom. The Labute approximate surface area is 191 Å². The van der Waals surface area contributed by atoms with Crippen molar-refractivity contribution in [2.24, 2.45) is 0 Å². The molecule has 33 heavy (non-hydrogen) atoms. The molecule has 0 saturated heterocycles. The Kier molecular flexibility index (Phi) is 4.78. The molecule has 6 heteroatoms. The molecular weight excluding hydrogens is 410 g/mol. The highest BCUT2D eigenvalue weighted by Crippen LogP contribution is 2.27. The Bertz CT molecular complexity index is 1520. The molecule has 0 radical (unpaired) electrons. The van der Waals surface area contributed by atoms with Crippen molar-refractivity contribution in [2.45, 2.75) is 0 Å². The van der Waals surface area contributed by atoms with Crippen molar-refractivity contribution in [1.29, 1.82) is 0 Å². The first-order valence-corrected chi connectivity index (χ1v) is 11.0. The van der Waals surface area contributed by atoms with Crippen LogP contribution in [0.25, 0.3) is 51.9 Å². The number of rotatable bonds is 3. The molecule has 3 aromatic rings. The van der Waals surface area contributed by atoms with E-state index in [4.69, 9.17) is 4.98 Å². The third kappa shape index (κ3) is 4.04. The lowest BCUT2D eigenvalue weighted by molar-refractivity contribution is 0.245. The zero-order valence-corrected chi connectivity index (χ0v) is 18.0. The normalized spacial score (nSPS) is 14.7. The van der Waals surface area contributed by atoms with Gasteiger partial charge in [0, 0.05) is 46.9 Å². The monoisotopic (exact) mass is 433 g/mol. The van der Waals surface area contributed by atoms with Gasteiger partial charge in [-0.15, -0.1) is 0 Å². The number of nitrogens with zero attached hydrogens (tertiary/aromatic N) is 3. The van der Waals surface area contributed by atoms with Gasteiger partial charge < -0.3 is 20.0 Å². The van der Waals surface area contributed by atoms with Crippen LogP contribution in [-0.4, -0.2) is 49.6 Å². The average molecular weight is 434 g/mol. The van der Waals surface area contributed by atoms with Crippen LogP contribution < -0.4 is 0 Å². The summed E-state index contributed by atoms with van der Waals surface area (Å²) in [6.45, 7) is 1.55. The van der Waals surface area contributed by atoms with E-state index in [0.29, 0.717) is 6.54 Å². The molecule has 6 heterocycles. The molecule has 6 nitrogen and oxygen atoms in total. The van der Waals surface area contributed by atoms with Crippen LogP contribution in [0.5, 0.6) is 0 Å². The molecule has 0 amide bonds. The summed E-state index contributed by atoms with van der Waals surface area (Å²) < 4.78 is 0. The number of β-amino-alcohol motifs (C(OH)–C–C–N with tert-alkyl or cyclic N) is 1. The highest BCUT2D eigenvalue weighted by molar-refractivity contribution is 5.89. The highest BCUT2D eigenvalue weighted by Gasteiger charge is 2.11. The molecule has 6 rings (SSSR count). The fourth-order valence-corrected chi connectivity index (χ4v) is 4.28. The van der Waals surface area contributed by atoms with E-state index in [1.807, 2.05) is 42.6 Å². The van der Waals surface area contributed by atoms with Crippen LogP contribution in [0, 0.1) is 0 Å². The van der Waals surface area contributed by atoms with E-state index in [1.165, 1.54) is 0 Å². The molecule has 162 valence electrons. The van der Waals surface area contributed by atoms with E-state index in [1.54, 1.807) is 0 Å². The van der Waals surface area contributed by atoms with Gasteiger partial charge in [-0.25, -0.2) is 9.97 Å². The van der Waals surface area contributed by atoms with Crippen LogP contribution in [0.3, 0.4) is 0 Å². The van der Waals surface area contributed by atoms with E-state index < -0.39 is 0 Å². The predicted molar refractivity (Wildman–Crippen MR) is 135 cm³/mol. The summed E-state index contributed by atoms with van der Waals surface area (Å²) in [4.78, 5) is 18.6. The number of hydrogen-bond donors (Lipinski definition) is 3. The summed E-state index contributed by atoms with van der Waals surface area (Å²) in [7, 11) is 0. The second-order valence-electron chi connectivity index (χ2n) is 8.28. The van der Waals surface area contributed by atoms with Gasteiger partial charge in [0.25, 0.3) is 0 Å². The van der Waals surface area contributed by atoms with E-state index in [0.717, 1.165) is 62.5 Å². The van der Waals surface area contributed by atoms with Crippen molar-refractivity contribution >= 4 is 51.9 Å². The summed E-state index contributed by atoms with van der Waals surface area (Å²) in [5.41, 5.74) is 9.90. The van der Waals surface area contributed by atoms with Crippen molar-refractivity contribution < 1.29 is 5.11 Å². The molecule has 0 atom stereocenters. The quantitative estimate of drug-likeness (QED) is 0.380. The lowest BCUT2D eigenvalue weighted by atomic mass is 10.0.